The minimum Gasteiger partial charge on any atom is -0.497 e. The summed E-state index contributed by atoms with van der Waals surface area (Å²) in [7, 11) is 3.19. The van der Waals surface area contributed by atoms with Gasteiger partial charge in [0.15, 0.2) is 0 Å². The Hall–Kier alpha value is -1.79. The largest absolute Gasteiger partial charge is 0.497 e. The van der Waals surface area contributed by atoms with E-state index in [1.54, 1.807) is 20.3 Å². The van der Waals surface area contributed by atoms with E-state index in [0.29, 0.717) is 12.2 Å². The normalized spacial score (nSPS) is 10.9. The molecule has 15 heavy (non-hydrogen) atoms. The Morgan fingerprint density at radius 3 is 2.47 bits per heavy atom. The summed E-state index contributed by atoms with van der Waals surface area (Å²) < 4.78 is 9.93. The zero-order chi connectivity index (χ0) is 11.1. The van der Waals surface area contributed by atoms with Crippen LogP contribution in [0.15, 0.2) is 29.8 Å². The SMILES string of the molecule is COC/C(C#N)=C/c1ccc(OC)cc1. The zero-order valence-electron chi connectivity index (χ0n) is 8.86. The van der Waals surface area contributed by atoms with Crippen LogP contribution < -0.4 is 4.74 Å². The lowest BCUT2D eigenvalue weighted by atomic mass is 10.1. The molecule has 1 aromatic rings. The van der Waals surface area contributed by atoms with Gasteiger partial charge >= 0.3 is 0 Å². The van der Waals surface area contributed by atoms with Crippen LogP contribution in [0.2, 0.25) is 0 Å². The van der Waals surface area contributed by atoms with E-state index in [9.17, 15) is 0 Å². The first-order chi connectivity index (χ1) is 7.30. The molecule has 0 N–H and O–H groups in total. The van der Waals surface area contributed by atoms with Crippen molar-refractivity contribution >= 4 is 6.08 Å². The molecule has 0 fully saturated rings. The van der Waals surface area contributed by atoms with Gasteiger partial charge < -0.3 is 9.47 Å². The Kier molecular flexibility index (Phi) is 4.39. The molecule has 0 unspecified atom stereocenters. The molecule has 3 nitrogen and oxygen atoms in total. The highest BCUT2D eigenvalue weighted by atomic mass is 16.5. The molecule has 0 bridgehead atoms. The van der Waals surface area contributed by atoms with Crippen LogP contribution in [0, 0.1) is 11.3 Å². The summed E-state index contributed by atoms with van der Waals surface area (Å²) in [6.45, 7) is 0.336. The highest BCUT2D eigenvalue weighted by molar-refractivity contribution is 5.57. The third kappa shape index (κ3) is 3.45. The molecule has 0 saturated carbocycles. The Morgan fingerprint density at radius 1 is 1.33 bits per heavy atom. The average Bonchev–Trinajstić information content (AvgIpc) is 2.29. The second-order valence-electron chi connectivity index (χ2n) is 2.99. The monoisotopic (exact) mass is 203 g/mol. The Morgan fingerprint density at radius 2 is 2.00 bits per heavy atom. The number of nitriles is 1. The molecule has 0 spiro atoms. The molecule has 78 valence electrons. The van der Waals surface area contributed by atoms with Crippen molar-refractivity contribution in [3.8, 4) is 11.8 Å². The first-order valence-corrected chi connectivity index (χ1v) is 4.54. The number of methoxy groups -OCH3 is 2. The van der Waals surface area contributed by atoms with Gasteiger partial charge in [-0.05, 0) is 23.8 Å². The van der Waals surface area contributed by atoms with E-state index in [1.807, 2.05) is 24.3 Å². The van der Waals surface area contributed by atoms with Crippen molar-refractivity contribution in [2.45, 2.75) is 0 Å². The molecule has 0 heterocycles. The van der Waals surface area contributed by atoms with Gasteiger partial charge in [0.1, 0.15) is 5.75 Å². The molecule has 0 atom stereocenters. The number of nitrogens with zero attached hydrogens (tertiary/aromatic N) is 1. The number of rotatable bonds is 4. The van der Waals surface area contributed by atoms with Gasteiger partial charge in [-0.15, -0.1) is 0 Å². The van der Waals surface area contributed by atoms with Crippen molar-refractivity contribution in [3.05, 3.63) is 35.4 Å². The van der Waals surface area contributed by atoms with Crippen molar-refractivity contribution in [1.29, 1.82) is 5.26 Å². The third-order valence-electron chi connectivity index (χ3n) is 1.90. The van der Waals surface area contributed by atoms with Gasteiger partial charge in [-0.3, -0.25) is 0 Å². The van der Waals surface area contributed by atoms with Gasteiger partial charge in [0, 0.05) is 7.11 Å². The first-order valence-electron chi connectivity index (χ1n) is 4.54. The summed E-state index contributed by atoms with van der Waals surface area (Å²) in [6.07, 6.45) is 1.79. The van der Waals surface area contributed by atoms with Gasteiger partial charge in [-0.2, -0.15) is 5.26 Å². The van der Waals surface area contributed by atoms with Crippen LogP contribution in [-0.4, -0.2) is 20.8 Å². The van der Waals surface area contributed by atoms with E-state index in [4.69, 9.17) is 14.7 Å². The summed E-state index contributed by atoms with van der Waals surface area (Å²) in [5.74, 6) is 0.803. The number of ether oxygens (including phenoxy) is 2. The highest BCUT2D eigenvalue weighted by Crippen LogP contribution is 2.13. The lowest BCUT2D eigenvalue weighted by Crippen LogP contribution is -1.91. The minimum atomic E-state index is 0.336. The first kappa shape index (κ1) is 11.3. The van der Waals surface area contributed by atoms with Crippen LogP contribution in [0.3, 0.4) is 0 Å². The lowest BCUT2D eigenvalue weighted by molar-refractivity contribution is 0.229. The highest BCUT2D eigenvalue weighted by Gasteiger charge is 1.96. The van der Waals surface area contributed by atoms with Gasteiger partial charge in [0.25, 0.3) is 0 Å². The summed E-state index contributed by atoms with van der Waals surface area (Å²) >= 11 is 0. The van der Waals surface area contributed by atoms with Crippen molar-refractivity contribution < 1.29 is 9.47 Å². The Bertz CT molecular complexity index is 374. The van der Waals surface area contributed by atoms with Crippen LogP contribution in [0.4, 0.5) is 0 Å². The minimum absolute atomic E-state index is 0.336. The topological polar surface area (TPSA) is 42.2 Å². The summed E-state index contributed by atoms with van der Waals surface area (Å²) in [6, 6.07) is 9.58. The van der Waals surface area contributed by atoms with Gasteiger partial charge in [0.2, 0.25) is 0 Å². The molecule has 1 aromatic carbocycles. The molecular weight excluding hydrogens is 190 g/mol. The molecule has 0 aromatic heterocycles. The molecule has 0 amide bonds. The lowest BCUT2D eigenvalue weighted by Gasteiger charge is -2.00. The predicted octanol–water partition coefficient (Wildman–Crippen LogP) is 2.25. The second kappa shape index (κ2) is 5.84. The molecular formula is C12H13NO2. The summed E-state index contributed by atoms with van der Waals surface area (Å²) in [5, 5.41) is 8.80. The summed E-state index contributed by atoms with van der Waals surface area (Å²) in [4.78, 5) is 0. The van der Waals surface area contributed by atoms with E-state index in [1.165, 1.54) is 0 Å². The van der Waals surface area contributed by atoms with E-state index >= 15 is 0 Å². The van der Waals surface area contributed by atoms with Crippen molar-refractivity contribution in [2.75, 3.05) is 20.8 Å². The number of hydrogen-bond acceptors (Lipinski definition) is 3. The molecule has 0 radical (unpaired) electrons. The standard InChI is InChI=1S/C12H13NO2/c1-14-9-11(8-13)7-10-3-5-12(15-2)6-4-10/h3-7H,9H2,1-2H3/b11-7+. The smallest absolute Gasteiger partial charge is 0.118 e. The van der Waals surface area contributed by atoms with Gasteiger partial charge in [-0.1, -0.05) is 12.1 Å². The Labute approximate surface area is 89.6 Å². The molecule has 0 aliphatic heterocycles. The predicted molar refractivity (Wildman–Crippen MR) is 58.5 cm³/mol. The molecule has 0 aliphatic carbocycles. The molecule has 0 aliphatic rings. The van der Waals surface area contributed by atoms with Crippen molar-refractivity contribution in [2.24, 2.45) is 0 Å². The van der Waals surface area contributed by atoms with Crippen molar-refractivity contribution in [1.82, 2.24) is 0 Å². The fraction of sp³-hybridized carbons (Fsp3) is 0.250. The fourth-order valence-corrected chi connectivity index (χ4v) is 1.16. The number of hydrogen-bond donors (Lipinski definition) is 0. The van der Waals surface area contributed by atoms with E-state index in [2.05, 4.69) is 6.07 Å². The van der Waals surface area contributed by atoms with E-state index < -0.39 is 0 Å². The van der Waals surface area contributed by atoms with Gasteiger partial charge in [-0.25, -0.2) is 0 Å². The van der Waals surface area contributed by atoms with E-state index in [0.717, 1.165) is 11.3 Å². The maximum atomic E-state index is 8.80. The maximum absolute atomic E-state index is 8.80. The second-order valence-corrected chi connectivity index (χ2v) is 2.99. The third-order valence-corrected chi connectivity index (χ3v) is 1.90. The Balaban J connectivity index is 2.83. The molecule has 3 heteroatoms. The fourth-order valence-electron chi connectivity index (χ4n) is 1.16. The zero-order valence-corrected chi connectivity index (χ0v) is 8.86. The quantitative estimate of drug-likeness (QED) is 0.705. The molecule has 0 saturated heterocycles. The molecule has 1 rings (SSSR count). The number of benzene rings is 1. The van der Waals surface area contributed by atoms with Crippen LogP contribution in [0.5, 0.6) is 5.75 Å². The van der Waals surface area contributed by atoms with Crippen molar-refractivity contribution in [3.63, 3.8) is 0 Å². The average molecular weight is 203 g/mol. The summed E-state index contributed by atoms with van der Waals surface area (Å²) in [5.41, 5.74) is 1.56. The van der Waals surface area contributed by atoms with E-state index in [-0.39, 0.29) is 0 Å². The van der Waals surface area contributed by atoms with Crippen LogP contribution in [-0.2, 0) is 4.74 Å². The maximum Gasteiger partial charge on any atom is 0.118 e. The van der Waals surface area contributed by atoms with Crippen LogP contribution in [0.25, 0.3) is 6.08 Å². The van der Waals surface area contributed by atoms with Gasteiger partial charge in [0.05, 0.1) is 25.4 Å². The van der Waals surface area contributed by atoms with Crippen LogP contribution >= 0.6 is 0 Å². The van der Waals surface area contributed by atoms with Crippen LogP contribution in [0.1, 0.15) is 5.56 Å².